The first-order valence-corrected chi connectivity index (χ1v) is 6.75. The van der Waals surface area contributed by atoms with E-state index in [0.717, 1.165) is 30.3 Å². The van der Waals surface area contributed by atoms with E-state index in [1.165, 1.54) is 12.8 Å². The quantitative estimate of drug-likeness (QED) is 0.854. The fraction of sp³-hybridized carbons (Fsp3) is 0.462. The van der Waals surface area contributed by atoms with E-state index in [0.29, 0.717) is 10.0 Å². The molecule has 1 heterocycles. The minimum Gasteiger partial charge on any atom is -0.389 e. The summed E-state index contributed by atoms with van der Waals surface area (Å²) in [6.45, 7) is 4.38. The van der Waals surface area contributed by atoms with Crippen LogP contribution in [0.15, 0.2) is 18.2 Å². The highest BCUT2D eigenvalue weighted by atomic mass is 35.5. The fourth-order valence-electron chi connectivity index (χ4n) is 2.40. The average Bonchev–Trinajstić information content (AvgIpc) is 2.76. The highest BCUT2D eigenvalue weighted by Gasteiger charge is 2.24. The lowest BCUT2D eigenvalue weighted by molar-refractivity contribution is 0.569. The van der Waals surface area contributed by atoms with Crippen LogP contribution < -0.4 is 10.6 Å². The van der Waals surface area contributed by atoms with Crippen LogP contribution in [0.3, 0.4) is 0 Å². The van der Waals surface area contributed by atoms with Crippen LogP contribution in [0.4, 0.5) is 5.69 Å². The number of hydrogen-bond donors (Lipinski definition) is 1. The van der Waals surface area contributed by atoms with Crippen molar-refractivity contribution in [1.82, 2.24) is 0 Å². The first-order chi connectivity index (χ1) is 8.13. The molecule has 0 spiro atoms. The summed E-state index contributed by atoms with van der Waals surface area (Å²) in [5.74, 6) is 0.771. The number of anilines is 1. The Morgan fingerprint density at radius 3 is 2.94 bits per heavy atom. The molecule has 1 aliphatic rings. The molecular formula is C13H17ClN2S. The lowest BCUT2D eigenvalue weighted by atomic mass is 10.1. The highest BCUT2D eigenvalue weighted by molar-refractivity contribution is 7.80. The number of benzene rings is 1. The third-order valence-electron chi connectivity index (χ3n) is 3.44. The van der Waals surface area contributed by atoms with Gasteiger partial charge in [0.15, 0.2) is 0 Å². The van der Waals surface area contributed by atoms with Gasteiger partial charge < -0.3 is 10.6 Å². The molecule has 1 aliphatic heterocycles. The van der Waals surface area contributed by atoms with E-state index >= 15 is 0 Å². The molecule has 0 aliphatic carbocycles. The standard InChI is InChI=1S/C13H17ClN2S/c1-2-9-6-7-16(8-9)11-5-3-4-10(14)12(11)13(15)17/h3-5,9H,2,6-8H2,1H3,(H2,15,17). The molecule has 2 nitrogen and oxygen atoms in total. The molecule has 0 bridgehead atoms. The van der Waals surface area contributed by atoms with Crippen LogP contribution >= 0.6 is 23.8 Å². The number of rotatable bonds is 3. The maximum absolute atomic E-state index is 6.18. The maximum atomic E-state index is 6.18. The van der Waals surface area contributed by atoms with Gasteiger partial charge in [0.1, 0.15) is 4.99 Å². The number of nitrogens with zero attached hydrogens (tertiary/aromatic N) is 1. The van der Waals surface area contributed by atoms with Crippen molar-refractivity contribution in [2.45, 2.75) is 19.8 Å². The third-order valence-corrected chi connectivity index (χ3v) is 3.96. The molecule has 1 atom stereocenters. The Bertz CT molecular complexity index is 433. The summed E-state index contributed by atoms with van der Waals surface area (Å²) in [6.07, 6.45) is 2.46. The molecular weight excluding hydrogens is 252 g/mol. The molecule has 2 N–H and O–H groups in total. The van der Waals surface area contributed by atoms with Gasteiger partial charge in [0.25, 0.3) is 0 Å². The molecule has 0 aromatic heterocycles. The minimum atomic E-state index is 0.380. The number of hydrogen-bond acceptors (Lipinski definition) is 2. The maximum Gasteiger partial charge on any atom is 0.107 e. The Morgan fingerprint density at radius 2 is 2.35 bits per heavy atom. The second kappa shape index (κ2) is 5.23. The van der Waals surface area contributed by atoms with E-state index in [2.05, 4.69) is 17.9 Å². The van der Waals surface area contributed by atoms with Crippen molar-refractivity contribution in [3.05, 3.63) is 28.8 Å². The minimum absolute atomic E-state index is 0.380. The van der Waals surface area contributed by atoms with E-state index in [4.69, 9.17) is 29.6 Å². The zero-order valence-electron chi connectivity index (χ0n) is 9.95. The van der Waals surface area contributed by atoms with Gasteiger partial charge in [0, 0.05) is 18.8 Å². The lowest BCUT2D eigenvalue weighted by Crippen LogP contribution is -2.24. The van der Waals surface area contributed by atoms with Crippen LogP contribution in [0.5, 0.6) is 0 Å². The molecule has 2 rings (SSSR count). The molecule has 0 amide bonds. The van der Waals surface area contributed by atoms with Gasteiger partial charge in [-0.1, -0.05) is 43.2 Å². The number of halogens is 1. The summed E-state index contributed by atoms with van der Waals surface area (Å²) in [5, 5.41) is 0.648. The van der Waals surface area contributed by atoms with Gasteiger partial charge in [0.2, 0.25) is 0 Å². The molecule has 17 heavy (non-hydrogen) atoms. The van der Waals surface area contributed by atoms with Crippen molar-refractivity contribution in [3.8, 4) is 0 Å². The second-order valence-electron chi connectivity index (χ2n) is 4.51. The molecule has 92 valence electrons. The molecule has 1 aromatic rings. The van der Waals surface area contributed by atoms with E-state index < -0.39 is 0 Å². The van der Waals surface area contributed by atoms with E-state index in [1.54, 1.807) is 0 Å². The fourth-order valence-corrected chi connectivity index (χ4v) is 2.95. The molecule has 1 fully saturated rings. The summed E-state index contributed by atoms with van der Waals surface area (Å²) < 4.78 is 0. The summed E-state index contributed by atoms with van der Waals surface area (Å²) in [7, 11) is 0. The van der Waals surface area contributed by atoms with Crippen LogP contribution in [0.25, 0.3) is 0 Å². The second-order valence-corrected chi connectivity index (χ2v) is 5.35. The number of nitrogens with two attached hydrogens (primary N) is 1. The Labute approximate surface area is 113 Å². The average molecular weight is 269 g/mol. The Kier molecular flexibility index (Phi) is 3.89. The van der Waals surface area contributed by atoms with Crippen LogP contribution in [-0.4, -0.2) is 18.1 Å². The van der Waals surface area contributed by atoms with E-state index in [9.17, 15) is 0 Å². The third kappa shape index (κ3) is 2.55. The highest BCUT2D eigenvalue weighted by Crippen LogP contribution is 2.32. The summed E-state index contributed by atoms with van der Waals surface area (Å²) in [5.41, 5.74) is 7.68. The zero-order valence-corrected chi connectivity index (χ0v) is 11.5. The van der Waals surface area contributed by atoms with Crippen molar-refractivity contribution < 1.29 is 0 Å². The van der Waals surface area contributed by atoms with Crippen molar-refractivity contribution in [1.29, 1.82) is 0 Å². The first-order valence-electron chi connectivity index (χ1n) is 5.96. The van der Waals surface area contributed by atoms with Crippen molar-refractivity contribution in [2.24, 2.45) is 11.7 Å². The van der Waals surface area contributed by atoms with Gasteiger partial charge in [-0.2, -0.15) is 0 Å². The van der Waals surface area contributed by atoms with E-state index in [-0.39, 0.29) is 0 Å². The first kappa shape index (κ1) is 12.7. The zero-order chi connectivity index (χ0) is 12.4. The molecule has 1 saturated heterocycles. The molecule has 1 aromatic carbocycles. The molecule has 4 heteroatoms. The predicted octanol–water partition coefficient (Wildman–Crippen LogP) is 3.21. The van der Waals surface area contributed by atoms with Crippen LogP contribution in [0.1, 0.15) is 25.3 Å². The smallest absolute Gasteiger partial charge is 0.107 e. The van der Waals surface area contributed by atoms with Crippen LogP contribution in [0.2, 0.25) is 5.02 Å². The molecule has 0 saturated carbocycles. The van der Waals surface area contributed by atoms with Crippen LogP contribution in [0, 0.1) is 5.92 Å². The SMILES string of the molecule is CCC1CCN(c2cccc(Cl)c2C(N)=S)C1. The van der Waals surface area contributed by atoms with E-state index in [1.807, 2.05) is 12.1 Å². The van der Waals surface area contributed by atoms with Gasteiger partial charge >= 0.3 is 0 Å². The largest absolute Gasteiger partial charge is 0.389 e. The summed E-state index contributed by atoms with van der Waals surface area (Å²) in [4.78, 5) is 2.72. The molecule has 0 radical (unpaired) electrons. The lowest BCUT2D eigenvalue weighted by Gasteiger charge is -2.22. The van der Waals surface area contributed by atoms with Crippen LogP contribution in [-0.2, 0) is 0 Å². The Hall–Kier alpha value is -0.800. The van der Waals surface area contributed by atoms with Gasteiger partial charge in [-0.15, -0.1) is 0 Å². The Morgan fingerprint density at radius 1 is 1.59 bits per heavy atom. The van der Waals surface area contributed by atoms with Crippen molar-refractivity contribution >= 4 is 34.5 Å². The Balaban J connectivity index is 2.33. The topological polar surface area (TPSA) is 29.3 Å². The summed E-state index contributed by atoms with van der Waals surface area (Å²) >= 11 is 11.3. The van der Waals surface area contributed by atoms with Crippen molar-refractivity contribution in [2.75, 3.05) is 18.0 Å². The predicted molar refractivity (Wildman–Crippen MR) is 78.0 cm³/mol. The number of thiocarbonyl (C=S) groups is 1. The van der Waals surface area contributed by atoms with Gasteiger partial charge in [-0.3, -0.25) is 0 Å². The summed E-state index contributed by atoms with van der Waals surface area (Å²) in [6, 6.07) is 5.85. The van der Waals surface area contributed by atoms with Crippen molar-refractivity contribution in [3.63, 3.8) is 0 Å². The monoisotopic (exact) mass is 268 g/mol. The normalized spacial score (nSPS) is 19.6. The van der Waals surface area contributed by atoms with Gasteiger partial charge in [0.05, 0.1) is 10.6 Å². The van der Waals surface area contributed by atoms with Gasteiger partial charge in [-0.05, 0) is 24.5 Å². The van der Waals surface area contributed by atoms with Gasteiger partial charge in [-0.25, -0.2) is 0 Å². The molecule has 1 unspecified atom stereocenters.